The van der Waals surface area contributed by atoms with Crippen LogP contribution in [0.15, 0.2) is 23.8 Å². The van der Waals surface area contributed by atoms with Crippen LogP contribution in [0.5, 0.6) is 0 Å². The normalized spacial score (nSPS) is 29.1. The van der Waals surface area contributed by atoms with Gasteiger partial charge in [-0.15, -0.1) is 0 Å². The number of allylic oxidation sites excluding steroid dienone is 2. The third-order valence-corrected chi connectivity index (χ3v) is 3.40. The van der Waals surface area contributed by atoms with Crippen molar-refractivity contribution in [2.24, 2.45) is 11.8 Å². The van der Waals surface area contributed by atoms with Crippen LogP contribution in [-0.2, 0) is 9.53 Å². The molecule has 3 heteroatoms. The minimum Gasteiger partial charge on any atom is -0.386 e. The zero-order valence-corrected chi connectivity index (χ0v) is 11.7. The lowest BCUT2D eigenvalue weighted by molar-refractivity contribution is -0.125. The summed E-state index contributed by atoms with van der Waals surface area (Å²) in [6.45, 7) is 6.31. The molecule has 3 nitrogen and oxygen atoms in total. The Kier molecular flexibility index (Phi) is 5.76. The number of hydrogen-bond donors (Lipinski definition) is 1. The van der Waals surface area contributed by atoms with Gasteiger partial charge >= 0.3 is 0 Å². The summed E-state index contributed by atoms with van der Waals surface area (Å²) in [5.74, 6) is 0.326. The largest absolute Gasteiger partial charge is 0.386 e. The Balaban J connectivity index is 2.77. The van der Waals surface area contributed by atoms with Crippen molar-refractivity contribution in [2.75, 3.05) is 7.11 Å². The van der Waals surface area contributed by atoms with E-state index >= 15 is 0 Å². The molecule has 0 saturated carbocycles. The second-order valence-corrected chi connectivity index (χ2v) is 5.35. The Labute approximate surface area is 110 Å². The maximum atomic E-state index is 11.9. The summed E-state index contributed by atoms with van der Waals surface area (Å²) in [7, 11) is 1.54. The predicted molar refractivity (Wildman–Crippen MR) is 72.3 cm³/mol. The summed E-state index contributed by atoms with van der Waals surface area (Å²) >= 11 is 0. The summed E-state index contributed by atoms with van der Waals surface area (Å²) in [6.07, 6.45) is 5.97. The van der Waals surface area contributed by atoms with E-state index in [-0.39, 0.29) is 11.7 Å². The molecule has 0 aromatic heterocycles. The Hall–Kier alpha value is -0.930. The zero-order valence-electron chi connectivity index (χ0n) is 11.7. The van der Waals surface area contributed by atoms with E-state index in [9.17, 15) is 9.90 Å². The van der Waals surface area contributed by atoms with Gasteiger partial charge in [-0.05, 0) is 31.8 Å². The van der Waals surface area contributed by atoms with E-state index in [2.05, 4.69) is 19.9 Å². The van der Waals surface area contributed by atoms with E-state index in [4.69, 9.17) is 4.74 Å². The summed E-state index contributed by atoms with van der Waals surface area (Å²) in [4.78, 5) is 11.9. The SMILES string of the molecule is COC1C(O)C=CC(=O)C1/C(C)=C/CCC(C)C. The quantitative estimate of drug-likeness (QED) is 0.765. The van der Waals surface area contributed by atoms with Crippen LogP contribution in [0.2, 0.25) is 0 Å². The van der Waals surface area contributed by atoms with E-state index in [1.807, 2.05) is 6.92 Å². The first-order chi connectivity index (χ1) is 8.47. The fraction of sp³-hybridized carbons (Fsp3) is 0.667. The van der Waals surface area contributed by atoms with Gasteiger partial charge in [0.15, 0.2) is 5.78 Å². The summed E-state index contributed by atoms with van der Waals surface area (Å²) in [5.41, 5.74) is 0.996. The number of carbonyl (C=O) groups is 1. The van der Waals surface area contributed by atoms with Crippen LogP contribution >= 0.6 is 0 Å². The minimum absolute atomic E-state index is 0.0189. The van der Waals surface area contributed by atoms with Crippen molar-refractivity contribution in [2.45, 2.75) is 45.8 Å². The van der Waals surface area contributed by atoms with Crippen molar-refractivity contribution in [3.8, 4) is 0 Å². The number of hydrogen-bond acceptors (Lipinski definition) is 3. The smallest absolute Gasteiger partial charge is 0.165 e. The Morgan fingerprint density at radius 3 is 2.78 bits per heavy atom. The van der Waals surface area contributed by atoms with Gasteiger partial charge in [0.05, 0.1) is 12.0 Å². The van der Waals surface area contributed by atoms with Crippen LogP contribution in [-0.4, -0.2) is 30.2 Å². The Morgan fingerprint density at radius 2 is 2.22 bits per heavy atom. The summed E-state index contributed by atoms with van der Waals surface area (Å²) in [5, 5.41) is 9.83. The number of methoxy groups -OCH3 is 1. The maximum absolute atomic E-state index is 11.9. The van der Waals surface area contributed by atoms with Gasteiger partial charge in [0.1, 0.15) is 6.10 Å². The van der Waals surface area contributed by atoms with Crippen molar-refractivity contribution >= 4 is 5.78 Å². The van der Waals surface area contributed by atoms with E-state index < -0.39 is 12.2 Å². The van der Waals surface area contributed by atoms with Gasteiger partial charge in [-0.25, -0.2) is 0 Å². The molecule has 1 aliphatic rings. The molecule has 3 atom stereocenters. The lowest BCUT2D eigenvalue weighted by Crippen LogP contribution is -2.41. The molecule has 0 heterocycles. The van der Waals surface area contributed by atoms with Crippen molar-refractivity contribution in [1.82, 2.24) is 0 Å². The van der Waals surface area contributed by atoms with Gasteiger partial charge in [0.2, 0.25) is 0 Å². The first kappa shape index (κ1) is 15.1. The van der Waals surface area contributed by atoms with Crippen molar-refractivity contribution in [3.05, 3.63) is 23.8 Å². The molecular weight excluding hydrogens is 228 g/mol. The van der Waals surface area contributed by atoms with Crippen molar-refractivity contribution in [1.29, 1.82) is 0 Å². The molecule has 0 aromatic rings. The number of ether oxygens (including phenoxy) is 1. The van der Waals surface area contributed by atoms with Gasteiger partial charge in [-0.3, -0.25) is 4.79 Å². The van der Waals surface area contributed by atoms with E-state index in [1.54, 1.807) is 0 Å². The molecule has 18 heavy (non-hydrogen) atoms. The Bertz CT molecular complexity index is 342. The molecule has 3 unspecified atom stereocenters. The van der Waals surface area contributed by atoms with Crippen LogP contribution in [0, 0.1) is 11.8 Å². The lowest BCUT2D eigenvalue weighted by Gasteiger charge is -2.30. The number of ketones is 1. The molecular formula is C15H24O3. The van der Waals surface area contributed by atoms with Crippen LogP contribution in [0.4, 0.5) is 0 Å². The van der Waals surface area contributed by atoms with Crippen LogP contribution in [0.1, 0.15) is 33.6 Å². The molecule has 1 aliphatic carbocycles. The fourth-order valence-electron chi connectivity index (χ4n) is 2.30. The third kappa shape index (κ3) is 3.79. The first-order valence-corrected chi connectivity index (χ1v) is 6.57. The molecule has 1 N–H and O–H groups in total. The molecule has 1 rings (SSSR count). The average Bonchev–Trinajstić information content (AvgIpc) is 2.30. The Morgan fingerprint density at radius 1 is 1.56 bits per heavy atom. The summed E-state index contributed by atoms with van der Waals surface area (Å²) < 4.78 is 5.27. The van der Waals surface area contributed by atoms with Gasteiger partial charge in [0, 0.05) is 7.11 Å². The van der Waals surface area contributed by atoms with Gasteiger partial charge < -0.3 is 9.84 Å². The average molecular weight is 252 g/mol. The standard InChI is InChI=1S/C15H24O3/c1-10(2)6-5-7-11(3)14-12(16)8-9-13(17)15(14)18-4/h7-10,13-15,17H,5-6H2,1-4H3/b11-7+. The number of aliphatic hydroxyl groups excluding tert-OH is 1. The maximum Gasteiger partial charge on any atom is 0.165 e. The fourth-order valence-corrected chi connectivity index (χ4v) is 2.30. The van der Waals surface area contributed by atoms with Crippen LogP contribution in [0.25, 0.3) is 0 Å². The second kappa shape index (κ2) is 6.86. The zero-order chi connectivity index (χ0) is 13.7. The molecule has 0 bridgehead atoms. The van der Waals surface area contributed by atoms with Gasteiger partial charge in [-0.2, -0.15) is 0 Å². The predicted octanol–water partition coefficient (Wildman–Crippen LogP) is 2.50. The molecule has 0 amide bonds. The molecule has 0 fully saturated rings. The second-order valence-electron chi connectivity index (χ2n) is 5.35. The first-order valence-electron chi connectivity index (χ1n) is 6.57. The topological polar surface area (TPSA) is 46.5 Å². The van der Waals surface area contributed by atoms with Crippen molar-refractivity contribution < 1.29 is 14.6 Å². The number of rotatable bonds is 5. The number of aliphatic hydroxyl groups is 1. The molecule has 0 aliphatic heterocycles. The molecule has 0 radical (unpaired) electrons. The highest BCUT2D eigenvalue weighted by atomic mass is 16.5. The van der Waals surface area contributed by atoms with Gasteiger partial charge in [-0.1, -0.05) is 31.6 Å². The van der Waals surface area contributed by atoms with Gasteiger partial charge in [0.25, 0.3) is 0 Å². The highest BCUT2D eigenvalue weighted by Crippen LogP contribution is 2.26. The molecule has 0 aromatic carbocycles. The number of carbonyl (C=O) groups excluding carboxylic acids is 1. The lowest BCUT2D eigenvalue weighted by atomic mass is 9.82. The van der Waals surface area contributed by atoms with E-state index in [0.29, 0.717) is 5.92 Å². The highest BCUT2D eigenvalue weighted by Gasteiger charge is 2.35. The molecule has 102 valence electrons. The van der Waals surface area contributed by atoms with Crippen LogP contribution < -0.4 is 0 Å². The molecule has 0 spiro atoms. The van der Waals surface area contributed by atoms with E-state index in [1.165, 1.54) is 19.3 Å². The highest BCUT2D eigenvalue weighted by molar-refractivity contribution is 5.95. The third-order valence-electron chi connectivity index (χ3n) is 3.40. The van der Waals surface area contributed by atoms with Crippen molar-refractivity contribution in [3.63, 3.8) is 0 Å². The van der Waals surface area contributed by atoms with Crippen LogP contribution in [0.3, 0.4) is 0 Å². The van der Waals surface area contributed by atoms with E-state index in [0.717, 1.165) is 18.4 Å². The monoisotopic (exact) mass is 252 g/mol. The molecule has 0 saturated heterocycles. The summed E-state index contributed by atoms with van der Waals surface area (Å²) in [6, 6.07) is 0. The minimum atomic E-state index is -0.703.